The van der Waals surface area contributed by atoms with Crippen molar-refractivity contribution in [3.05, 3.63) is 16.2 Å². The third-order valence-electron chi connectivity index (χ3n) is 1.19. The van der Waals surface area contributed by atoms with E-state index in [9.17, 15) is 5.11 Å². The minimum Gasteiger partial charge on any atom is -0.494 e. The molecule has 0 fully saturated rings. The molecule has 2 aromatic rings. The Balaban J connectivity index is 2.98. The standard InChI is InChI=1S/C5H3BrN2OS/c6-3-1-7-5-8(3)4(9)2-10-5/h1-2,9H. The Morgan fingerprint density at radius 2 is 2.50 bits per heavy atom. The molecule has 2 heterocycles. The molecule has 0 unspecified atom stereocenters. The Hall–Kier alpha value is -0.550. The van der Waals surface area contributed by atoms with Gasteiger partial charge in [0.25, 0.3) is 0 Å². The number of thiazole rings is 1. The third-order valence-corrected chi connectivity index (χ3v) is 2.57. The van der Waals surface area contributed by atoms with E-state index in [2.05, 4.69) is 20.9 Å². The number of aromatic nitrogens is 2. The highest BCUT2D eigenvalue weighted by molar-refractivity contribution is 9.10. The quantitative estimate of drug-likeness (QED) is 0.734. The molecule has 0 aliphatic carbocycles. The SMILES string of the molecule is Oc1csc2ncc(Br)n12. The minimum absolute atomic E-state index is 0.226. The van der Waals surface area contributed by atoms with Gasteiger partial charge < -0.3 is 5.11 Å². The highest BCUT2D eigenvalue weighted by Crippen LogP contribution is 2.25. The molecule has 2 aromatic heterocycles. The van der Waals surface area contributed by atoms with Crippen LogP contribution in [0.25, 0.3) is 4.96 Å². The molecule has 10 heavy (non-hydrogen) atoms. The number of fused-ring (bicyclic) bond motifs is 1. The Kier molecular flexibility index (Phi) is 1.21. The second-order valence-electron chi connectivity index (χ2n) is 1.79. The Morgan fingerprint density at radius 1 is 1.70 bits per heavy atom. The van der Waals surface area contributed by atoms with Crippen LogP contribution in [0.2, 0.25) is 0 Å². The van der Waals surface area contributed by atoms with Gasteiger partial charge >= 0.3 is 0 Å². The van der Waals surface area contributed by atoms with Crippen molar-refractivity contribution in [3.8, 4) is 5.88 Å². The van der Waals surface area contributed by atoms with Crippen molar-refractivity contribution in [2.24, 2.45) is 0 Å². The lowest BCUT2D eigenvalue weighted by molar-refractivity contribution is 0.448. The highest BCUT2D eigenvalue weighted by Gasteiger charge is 2.05. The molecule has 0 radical (unpaired) electrons. The van der Waals surface area contributed by atoms with E-state index in [0.717, 1.165) is 9.56 Å². The molecule has 52 valence electrons. The van der Waals surface area contributed by atoms with Gasteiger partial charge in [-0.3, -0.25) is 0 Å². The molecule has 0 amide bonds. The van der Waals surface area contributed by atoms with Crippen LogP contribution in [0.15, 0.2) is 16.2 Å². The molecule has 0 spiro atoms. The molecular formula is C5H3BrN2OS. The van der Waals surface area contributed by atoms with E-state index >= 15 is 0 Å². The number of nitrogens with zero attached hydrogens (tertiary/aromatic N) is 2. The first-order chi connectivity index (χ1) is 4.79. The fourth-order valence-electron chi connectivity index (χ4n) is 0.764. The van der Waals surface area contributed by atoms with Crippen LogP contribution in [0, 0.1) is 0 Å². The van der Waals surface area contributed by atoms with Gasteiger partial charge in [0.2, 0.25) is 5.88 Å². The van der Waals surface area contributed by atoms with Crippen molar-refractivity contribution in [2.45, 2.75) is 0 Å². The molecule has 0 atom stereocenters. The number of aromatic hydroxyl groups is 1. The molecule has 0 aliphatic rings. The summed E-state index contributed by atoms with van der Waals surface area (Å²) in [5, 5.41) is 10.8. The second kappa shape index (κ2) is 1.96. The van der Waals surface area contributed by atoms with Gasteiger partial charge in [-0.15, -0.1) is 11.3 Å². The fraction of sp³-hybridized carbons (Fsp3) is 0. The smallest absolute Gasteiger partial charge is 0.208 e. The predicted octanol–water partition coefficient (Wildman–Crippen LogP) is 1.86. The summed E-state index contributed by atoms with van der Waals surface area (Å²) in [5.41, 5.74) is 0. The molecule has 0 saturated carbocycles. The fourth-order valence-corrected chi connectivity index (χ4v) is 2.06. The number of hydrogen-bond acceptors (Lipinski definition) is 3. The van der Waals surface area contributed by atoms with Gasteiger partial charge in [0, 0.05) is 0 Å². The lowest BCUT2D eigenvalue weighted by atomic mass is 10.8. The van der Waals surface area contributed by atoms with Crippen LogP contribution in [-0.4, -0.2) is 14.5 Å². The molecule has 5 heteroatoms. The summed E-state index contributed by atoms with van der Waals surface area (Å²) in [6, 6.07) is 0. The maximum Gasteiger partial charge on any atom is 0.208 e. The topological polar surface area (TPSA) is 37.5 Å². The van der Waals surface area contributed by atoms with Crippen LogP contribution < -0.4 is 0 Å². The molecule has 0 bridgehead atoms. The average Bonchev–Trinajstić information content (AvgIpc) is 2.40. The van der Waals surface area contributed by atoms with Crippen molar-refractivity contribution >= 4 is 32.2 Å². The van der Waals surface area contributed by atoms with Gasteiger partial charge in [0.05, 0.1) is 11.6 Å². The lowest BCUT2D eigenvalue weighted by Crippen LogP contribution is -1.75. The van der Waals surface area contributed by atoms with Gasteiger partial charge in [-0.25, -0.2) is 9.38 Å². The summed E-state index contributed by atoms with van der Waals surface area (Å²) in [7, 11) is 0. The summed E-state index contributed by atoms with van der Waals surface area (Å²) < 4.78 is 2.41. The normalized spacial score (nSPS) is 10.9. The molecule has 1 N–H and O–H groups in total. The van der Waals surface area contributed by atoms with E-state index in [0.29, 0.717) is 0 Å². The lowest BCUT2D eigenvalue weighted by Gasteiger charge is -1.86. The highest BCUT2D eigenvalue weighted by atomic mass is 79.9. The third kappa shape index (κ3) is 0.674. The zero-order valence-electron chi connectivity index (χ0n) is 4.78. The maximum atomic E-state index is 9.18. The zero-order valence-corrected chi connectivity index (χ0v) is 7.19. The summed E-state index contributed by atoms with van der Waals surface area (Å²) in [4.78, 5) is 4.81. The van der Waals surface area contributed by atoms with Gasteiger partial charge in [0.15, 0.2) is 4.96 Å². The van der Waals surface area contributed by atoms with Crippen molar-refractivity contribution in [1.29, 1.82) is 0 Å². The van der Waals surface area contributed by atoms with E-state index in [1.54, 1.807) is 16.0 Å². The first-order valence-electron chi connectivity index (χ1n) is 2.58. The first-order valence-corrected chi connectivity index (χ1v) is 4.26. The van der Waals surface area contributed by atoms with Gasteiger partial charge in [0.1, 0.15) is 4.60 Å². The van der Waals surface area contributed by atoms with Crippen LogP contribution in [0.4, 0.5) is 0 Å². The molecule has 2 rings (SSSR count). The summed E-state index contributed by atoms with van der Waals surface area (Å²) in [5.74, 6) is 0.226. The second-order valence-corrected chi connectivity index (χ2v) is 3.44. The van der Waals surface area contributed by atoms with E-state index in [4.69, 9.17) is 0 Å². The molecule has 3 nitrogen and oxygen atoms in total. The average molecular weight is 219 g/mol. The van der Waals surface area contributed by atoms with Crippen LogP contribution in [-0.2, 0) is 0 Å². The van der Waals surface area contributed by atoms with E-state index in [-0.39, 0.29) is 5.88 Å². The van der Waals surface area contributed by atoms with E-state index < -0.39 is 0 Å². The number of imidazole rings is 1. The summed E-state index contributed by atoms with van der Waals surface area (Å²) >= 11 is 4.65. The molecule has 0 saturated heterocycles. The van der Waals surface area contributed by atoms with Crippen molar-refractivity contribution in [1.82, 2.24) is 9.38 Å². The predicted molar refractivity (Wildman–Crippen MR) is 42.4 cm³/mol. The minimum atomic E-state index is 0.226. The van der Waals surface area contributed by atoms with Gasteiger partial charge in [-0.2, -0.15) is 0 Å². The summed E-state index contributed by atoms with van der Waals surface area (Å²) in [6.45, 7) is 0. The van der Waals surface area contributed by atoms with Crippen LogP contribution in [0.3, 0.4) is 0 Å². The van der Waals surface area contributed by atoms with E-state index in [1.165, 1.54) is 11.3 Å². The first kappa shape index (κ1) is 6.18. The zero-order chi connectivity index (χ0) is 7.14. The molecule has 0 aromatic carbocycles. The van der Waals surface area contributed by atoms with Crippen molar-refractivity contribution < 1.29 is 5.11 Å². The number of rotatable bonds is 0. The Bertz CT molecular complexity index is 335. The van der Waals surface area contributed by atoms with Crippen LogP contribution in [0.5, 0.6) is 5.88 Å². The van der Waals surface area contributed by atoms with E-state index in [1.807, 2.05) is 0 Å². The van der Waals surface area contributed by atoms with Gasteiger partial charge in [-0.1, -0.05) is 0 Å². The van der Waals surface area contributed by atoms with Crippen molar-refractivity contribution in [3.63, 3.8) is 0 Å². The maximum absolute atomic E-state index is 9.18. The Morgan fingerprint density at radius 3 is 3.20 bits per heavy atom. The summed E-state index contributed by atoms with van der Waals surface area (Å²) in [6.07, 6.45) is 1.66. The number of hydrogen-bond donors (Lipinski definition) is 1. The van der Waals surface area contributed by atoms with Crippen LogP contribution >= 0.6 is 27.3 Å². The Labute approximate surface area is 69.1 Å². The van der Waals surface area contributed by atoms with Gasteiger partial charge in [-0.05, 0) is 15.9 Å². The monoisotopic (exact) mass is 218 g/mol. The van der Waals surface area contributed by atoms with Crippen molar-refractivity contribution in [2.75, 3.05) is 0 Å². The molecule has 0 aliphatic heterocycles. The number of halogens is 1. The molecular weight excluding hydrogens is 216 g/mol. The van der Waals surface area contributed by atoms with Crippen LogP contribution in [0.1, 0.15) is 0 Å². The largest absolute Gasteiger partial charge is 0.494 e.